The first-order chi connectivity index (χ1) is 7.25. The van der Waals surface area contributed by atoms with Gasteiger partial charge in [-0.2, -0.15) is 0 Å². The van der Waals surface area contributed by atoms with Crippen LogP contribution in [0.4, 0.5) is 0 Å². The van der Waals surface area contributed by atoms with Crippen LogP contribution in [0.2, 0.25) is 0 Å². The summed E-state index contributed by atoms with van der Waals surface area (Å²) in [5.74, 6) is 0.151. The van der Waals surface area contributed by atoms with Crippen LogP contribution in [0.1, 0.15) is 5.82 Å². The molecular weight excluding hydrogens is 194 g/mol. The van der Waals surface area contributed by atoms with Crippen molar-refractivity contribution in [2.45, 2.75) is 13.1 Å². The van der Waals surface area contributed by atoms with E-state index in [0.717, 1.165) is 25.5 Å². The smallest absolute Gasteiger partial charge is 0.328 e. The maximum Gasteiger partial charge on any atom is 0.328 e. The molecule has 80 valence electrons. The van der Waals surface area contributed by atoms with Crippen LogP contribution in [-0.4, -0.2) is 38.6 Å². The van der Waals surface area contributed by atoms with E-state index in [0.29, 0.717) is 6.54 Å². The summed E-state index contributed by atoms with van der Waals surface area (Å²) in [6, 6.07) is 0. The minimum Gasteiger partial charge on any atom is -0.478 e. The largest absolute Gasteiger partial charge is 0.478 e. The van der Waals surface area contributed by atoms with Crippen molar-refractivity contribution < 1.29 is 9.90 Å². The third-order valence-electron chi connectivity index (χ3n) is 2.45. The normalized spacial score (nSPS) is 16.8. The number of hydrogen-bond acceptors (Lipinski definition) is 3. The van der Waals surface area contributed by atoms with E-state index in [9.17, 15) is 4.79 Å². The van der Waals surface area contributed by atoms with Crippen molar-refractivity contribution in [3.8, 4) is 0 Å². The second-order valence-electron chi connectivity index (χ2n) is 3.51. The van der Waals surface area contributed by atoms with Gasteiger partial charge in [0.1, 0.15) is 5.82 Å². The van der Waals surface area contributed by atoms with Crippen LogP contribution in [0.3, 0.4) is 0 Å². The average Bonchev–Trinajstić information content (AvgIpc) is 2.64. The number of carboxylic acid groups (broad SMARTS) is 1. The van der Waals surface area contributed by atoms with E-state index in [2.05, 4.69) is 14.5 Å². The molecule has 0 saturated heterocycles. The Balaban J connectivity index is 1.90. The van der Waals surface area contributed by atoms with Crippen LogP contribution >= 0.6 is 0 Å². The van der Waals surface area contributed by atoms with E-state index in [1.807, 2.05) is 6.20 Å². The number of nitrogens with zero attached hydrogens (tertiary/aromatic N) is 3. The Bertz CT molecular complexity index is 384. The van der Waals surface area contributed by atoms with E-state index >= 15 is 0 Å². The molecule has 1 N–H and O–H groups in total. The fourth-order valence-electron chi connectivity index (χ4n) is 1.68. The lowest BCUT2D eigenvalue weighted by Gasteiger charge is -2.26. The summed E-state index contributed by atoms with van der Waals surface area (Å²) in [5.41, 5.74) is 0. The summed E-state index contributed by atoms with van der Waals surface area (Å²) >= 11 is 0. The third-order valence-corrected chi connectivity index (χ3v) is 2.45. The van der Waals surface area contributed by atoms with Crippen LogP contribution in [0, 0.1) is 0 Å². The highest BCUT2D eigenvalue weighted by atomic mass is 16.4. The molecule has 15 heavy (non-hydrogen) atoms. The molecule has 0 aromatic carbocycles. The maximum absolute atomic E-state index is 10.3. The third kappa shape index (κ3) is 2.44. The molecule has 1 aromatic heterocycles. The Labute approximate surface area is 87.6 Å². The van der Waals surface area contributed by atoms with E-state index in [-0.39, 0.29) is 0 Å². The van der Waals surface area contributed by atoms with Gasteiger partial charge in [-0.3, -0.25) is 4.90 Å². The average molecular weight is 207 g/mol. The summed E-state index contributed by atoms with van der Waals surface area (Å²) in [4.78, 5) is 16.7. The standard InChI is InChI=1S/C10H13N3O2/c14-10(15)2-1-4-12-6-7-13-5-3-11-9(13)8-12/h1-3,5H,4,6-8H2,(H,14,15). The Morgan fingerprint density at radius 2 is 2.47 bits per heavy atom. The summed E-state index contributed by atoms with van der Waals surface area (Å²) in [7, 11) is 0. The molecule has 0 spiro atoms. The van der Waals surface area contributed by atoms with Crippen molar-refractivity contribution >= 4 is 5.97 Å². The van der Waals surface area contributed by atoms with Gasteiger partial charge in [0.25, 0.3) is 0 Å². The molecule has 1 aliphatic rings. The number of aromatic nitrogens is 2. The minimum absolute atomic E-state index is 0.666. The fourth-order valence-corrected chi connectivity index (χ4v) is 1.68. The molecule has 0 bridgehead atoms. The van der Waals surface area contributed by atoms with E-state index in [1.54, 1.807) is 12.3 Å². The van der Waals surface area contributed by atoms with Gasteiger partial charge in [-0.1, -0.05) is 6.08 Å². The quantitative estimate of drug-likeness (QED) is 0.726. The van der Waals surface area contributed by atoms with Gasteiger partial charge in [0.05, 0.1) is 6.54 Å². The number of rotatable bonds is 3. The topological polar surface area (TPSA) is 58.4 Å². The van der Waals surface area contributed by atoms with Gasteiger partial charge in [0.15, 0.2) is 0 Å². The summed E-state index contributed by atoms with van der Waals surface area (Å²) < 4.78 is 2.12. The molecule has 2 rings (SSSR count). The van der Waals surface area contributed by atoms with Crippen molar-refractivity contribution in [3.63, 3.8) is 0 Å². The van der Waals surface area contributed by atoms with Crippen LogP contribution in [0.25, 0.3) is 0 Å². The number of hydrogen-bond donors (Lipinski definition) is 1. The number of carboxylic acids is 1. The van der Waals surface area contributed by atoms with Crippen molar-refractivity contribution in [1.29, 1.82) is 0 Å². The van der Waals surface area contributed by atoms with Gasteiger partial charge in [-0.25, -0.2) is 9.78 Å². The van der Waals surface area contributed by atoms with Gasteiger partial charge in [0.2, 0.25) is 0 Å². The fraction of sp³-hybridized carbons (Fsp3) is 0.400. The lowest BCUT2D eigenvalue weighted by atomic mass is 10.3. The number of carbonyl (C=O) groups is 1. The first-order valence-corrected chi connectivity index (χ1v) is 4.87. The first-order valence-electron chi connectivity index (χ1n) is 4.87. The van der Waals surface area contributed by atoms with E-state index in [1.165, 1.54) is 6.08 Å². The van der Waals surface area contributed by atoms with E-state index < -0.39 is 5.97 Å². The summed E-state index contributed by atoms with van der Waals surface area (Å²) in [5, 5.41) is 8.45. The molecule has 0 radical (unpaired) electrons. The van der Waals surface area contributed by atoms with Crippen molar-refractivity contribution in [2.75, 3.05) is 13.1 Å². The molecule has 5 nitrogen and oxygen atoms in total. The molecular formula is C10H13N3O2. The molecule has 2 heterocycles. The van der Waals surface area contributed by atoms with Gasteiger partial charge in [-0.15, -0.1) is 0 Å². The van der Waals surface area contributed by atoms with Crippen LogP contribution in [0.15, 0.2) is 24.5 Å². The predicted octanol–water partition coefficient (Wildman–Crippen LogP) is 0.339. The number of imidazole rings is 1. The van der Waals surface area contributed by atoms with E-state index in [4.69, 9.17) is 5.11 Å². The highest BCUT2D eigenvalue weighted by Crippen LogP contribution is 2.09. The molecule has 0 atom stereocenters. The Morgan fingerprint density at radius 1 is 1.60 bits per heavy atom. The molecule has 0 unspecified atom stereocenters. The summed E-state index contributed by atoms with van der Waals surface area (Å²) in [6.45, 7) is 3.32. The van der Waals surface area contributed by atoms with Gasteiger partial charge < -0.3 is 9.67 Å². The monoisotopic (exact) mass is 207 g/mol. The highest BCUT2D eigenvalue weighted by Gasteiger charge is 2.14. The molecule has 0 amide bonds. The second kappa shape index (κ2) is 4.27. The van der Waals surface area contributed by atoms with Crippen molar-refractivity contribution in [1.82, 2.24) is 14.5 Å². The zero-order chi connectivity index (χ0) is 10.7. The zero-order valence-corrected chi connectivity index (χ0v) is 8.33. The predicted molar refractivity (Wildman–Crippen MR) is 54.3 cm³/mol. The van der Waals surface area contributed by atoms with Gasteiger partial charge in [-0.05, 0) is 0 Å². The molecule has 5 heteroatoms. The van der Waals surface area contributed by atoms with Gasteiger partial charge >= 0.3 is 5.97 Å². The molecule has 0 saturated carbocycles. The minimum atomic E-state index is -0.895. The SMILES string of the molecule is O=C(O)C=CCN1CCn2ccnc2C1. The van der Waals surface area contributed by atoms with Crippen LogP contribution in [0.5, 0.6) is 0 Å². The lowest BCUT2D eigenvalue weighted by Crippen LogP contribution is -2.33. The number of aliphatic carboxylic acids is 1. The Hall–Kier alpha value is -1.62. The Kier molecular flexibility index (Phi) is 2.82. The molecule has 0 aliphatic carbocycles. The molecule has 1 aromatic rings. The first kappa shape index (κ1) is 9.92. The molecule has 0 fully saturated rings. The Morgan fingerprint density at radius 3 is 3.27 bits per heavy atom. The maximum atomic E-state index is 10.3. The second-order valence-corrected chi connectivity index (χ2v) is 3.51. The zero-order valence-electron chi connectivity index (χ0n) is 8.33. The number of fused-ring (bicyclic) bond motifs is 1. The highest BCUT2D eigenvalue weighted by molar-refractivity contribution is 5.79. The van der Waals surface area contributed by atoms with Crippen LogP contribution < -0.4 is 0 Å². The summed E-state index contributed by atoms with van der Waals surface area (Å²) in [6.07, 6.45) is 6.62. The lowest BCUT2D eigenvalue weighted by molar-refractivity contribution is -0.131. The van der Waals surface area contributed by atoms with Crippen LogP contribution in [-0.2, 0) is 17.9 Å². The van der Waals surface area contributed by atoms with Crippen molar-refractivity contribution in [2.24, 2.45) is 0 Å². The molecule has 1 aliphatic heterocycles. The van der Waals surface area contributed by atoms with Gasteiger partial charge in [0, 0.05) is 38.1 Å². The van der Waals surface area contributed by atoms with Crippen molar-refractivity contribution in [3.05, 3.63) is 30.4 Å².